The zero-order valence-electron chi connectivity index (χ0n) is 15.5. The Morgan fingerprint density at radius 1 is 1.11 bits per heavy atom. The van der Waals surface area contributed by atoms with Gasteiger partial charge in [-0.1, -0.05) is 13.0 Å². The van der Waals surface area contributed by atoms with Crippen LogP contribution < -0.4 is 0 Å². The van der Waals surface area contributed by atoms with Gasteiger partial charge in [0, 0.05) is 28.4 Å². The Kier molecular flexibility index (Phi) is 5.27. The minimum Gasteiger partial charge on any atom is -0.343 e. The van der Waals surface area contributed by atoms with Gasteiger partial charge in [-0.05, 0) is 37.8 Å². The maximum Gasteiger partial charge on any atom is 0.334 e. The number of aryl methyl sites for hydroxylation is 1. The second-order valence-corrected chi connectivity index (χ2v) is 7.54. The summed E-state index contributed by atoms with van der Waals surface area (Å²) in [7, 11) is 0. The van der Waals surface area contributed by atoms with Crippen molar-refractivity contribution in [3.05, 3.63) is 45.4 Å². The monoisotopic (exact) mass is 387 g/mol. The van der Waals surface area contributed by atoms with Gasteiger partial charge in [0.2, 0.25) is 0 Å². The van der Waals surface area contributed by atoms with Crippen molar-refractivity contribution in [3.63, 3.8) is 0 Å². The first-order chi connectivity index (χ1) is 12.8. The average Bonchev–Trinajstić information content (AvgIpc) is 3.30. The Balaban J connectivity index is 1.80. The number of imide groups is 2. The van der Waals surface area contributed by atoms with Crippen LogP contribution in [0, 0.1) is 13.8 Å². The van der Waals surface area contributed by atoms with E-state index in [0.717, 1.165) is 21.2 Å². The highest BCUT2D eigenvalue weighted by atomic mass is 32.1. The zero-order chi connectivity index (χ0) is 19.7. The van der Waals surface area contributed by atoms with E-state index in [9.17, 15) is 19.2 Å². The number of hydrogen-bond donors (Lipinski definition) is 0. The lowest BCUT2D eigenvalue weighted by atomic mass is 10.1. The summed E-state index contributed by atoms with van der Waals surface area (Å²) in [5.41, 5.74) is 2.17. The fraction of sp³-hybridized carbons (Fsp3) is 0.368. The summed E-state index contributed by atoms with van der Waals surface area (Å²) in [6.07, 6.45) is 0.552. The van der Waals surface area contributed by atoms with Crippen LogP contribution in [0.3, 0.4) is 0 Å². The molecule has 0 bridgehead atoms. The Morgan fingerprint density at radius 3 is 2.44 bits per heavy atom. The predicted octanol–water partition coefficient (Wildman–Crippen LogP) is 2.60. The topological polar surface area (TPSA) is 79.7 Å². The van der Waals surface area contributed by atoms with Gasteiger partial charge in [-0.15, -0.1) is 11.3 Å². The van der Waals surface area contributed by atoms with Crippen molar-refractivity contribution in [1.82, 2.24) is 14.4 Å². The molecule has 2 aromatic rings. The standard InChI is InChI=1S/C19H21N3O4S/c1-4-7-20-17(24)18(25)22(19(20)26)11-16(23)15-9-12(2)21(13(15)3)10-14-6-5-8-27-14/h5-6,8-9H,4,7,10-11H2,1-3H3. The molecule has 0 saturated carbocycles. The van der Waals surface area contributed by atoms with Crippen LogP contribution in [0.2, 0.25) is 0 Å². The summed E-state index contributed by atoms with van der Waals surface area (Å²) < 4.78 is 2.03. The van der Waals surface area contributed by atoms with E-state index in [-0.39, 0.29) is 12.3 Å². The molecule has 27 heavy (non-hydrogen) atoms. The highest BCUT2D eigenvalue weighted by molar-refractivity contribution is 7.09. The zero-order valence-corrected chi connectivity index (χ0v) is 16.3. The van der Waals surface area contributed by atoms with Crippen LogP contribution in [-0.2, 0) is 16.1 Å². The Morgan fingerprint density at radius 2 is 1.81 bits per heavy atom. The number of nitrogens with zero attached hydrogens (tertiary/aromatic N) is 3. The molecule has 3 rings (SSSR count). The number of carbonyl (C=O) groups excluding carboxylic acids is 4. The van der Waals surface area contributed by atoms with E-state index in [1.54, 1.807) is 24.3 Å². The molecule has 2 aromatic heterocycles. The van der Waals surface area contributed by atoms with Crippen LogP contribution in [0.1, 0.15) is 40.0 Å². The summed E-state index contributed by atoms with van der Waals surface area (Å²) in [5, 5.41) is 2.00. The summed E-state index contributed by atoms with van der Waals surface area (Å²) in [6.45, 7) is 5.97. The van der Waals surface area contributed by atoms with Crippen LogP contribution in [0.25, 0.3) is 0 Å². The van der Waals surface area contributed by atoms with Crippen molar-refractivity contribution in [2.24, 2.45) is 0 Å². The molecule has 1 fully saturated rings. The molecule has 3 heterocycles. The fourth-order valence-corrected chi connectivity index (χ4v) is 3.92. The molecular formula is C19H21N3O4S. The second-order valence-electron chi connectivity index (χ2n) is 6.50. The smallest absolute Gasteiger partial charge is 0.334 e. The van der Waals surface area contributed by atoms with Crippen LogP contribution in [0.5, 0.6) is 0 Å². The molecule has 0 N–H and O–H groups in total. The van der Waals surface area contributed by atoms with E-state index >= 15 is 0 Å². The fourth-order valence-electron chi connectivity index (χ4n) is 3.22. The molecule has 1 aliphatic heterocycles. The highest BCUT2D eigenvalue weighted by Crippen LogP contribution is 2.21. The van der Waals surface area contributed by atoms with Crippen LogP contribution >= 0.6 is 11.3 Å². The van der Waals surface area contributed by atoms with Crippen molar-refractivity contribution in [2.75, 3.05) is 13.1 Å². The molecule has 142 valence electrons. The molecule has 7 nitrogen and oxygen atoms in total. The Labute approximate surface area is 161 Å². The van der Waals surface area contributed by atoms with Crippen LogP contribution in [0.15, 0.2) is 23.6 Å². The van der Waals surface area contributed by atoms with Gasteiger partial charge in [0.25, 0.3) is 0 Å². The molecule has 1 aliphatic rings. The molecule has 1 saturated heterocycles. The lowest BCUT2D eigenvalue weighted by molar-refractivity contribution is -0.143. The van der Waals surface area contributed by atoms with Crippen molar-refractivity contribution < 1.29 is 19.2 Å². The summed E-state index contributed by atoms with van der Waals surface area (Å²) in [6, 6.07) is 5.06. The number of rotatable bonds is 7. The van der Waals surface area contributed by atoms with Crippen LogP contribution in [-0.4, -0.2) is 51.1 Å². The number of urea groups is 1. The van der Waals surface area contributed by atoms with Gasteiger partial charge in [0.05, 0.1) is 13.1 Å². The molecule has 0 spiro atoms. The van der Waals surface area contributed by atoms with Crippen molar-refractivity contribution >= 4 is 35.0 Å². The molecular weight excluding hydrogens is 366 g/mol. The molecule has 0 radical (unpaired) electrons. The molecule has 4 amide bonds. The van der Waals surface area contributed by atoms with Gasteiger partial charge in [0.1, 0.15) is 0 Å². The molecule has 0 unspecified atom stereocenters. The number of carbonyl (C=O) groups is 4. The number of thiophene rings is 1. The third-order valence-electron chi connectivity index (χ3n) is 4.65. The van der Waals surface area contributed by atoms with Gasteiger partial charge in [-0.25, -0.2) is 9.69 Å². The highest BCUT2D eigenvalue weighted by Gasteiger charge is 2.44. The van der Waals surface area contributed by atoms with Crippen molar-refractivity contribution in [3.8, 4) is 0 Å². The van der Waals surface area contributed by atoms with E-state index in [4.69, 9.17) is 0 Å². The predicted molar refractivity (Wildman–Crippen MR) is 101 cm³/mol. The van der Waals surface area contributed by atoms with Gasteiger partial charge in [0.15, 0.2) is 5.78 Å². The third-order valence-corrected chi connectivity index (χ3v) is 5.51. The first-order valence-corrected chi connectivity index (χ1v) is 9.62. The van der Waals surface area contributed by atoms with E-state index in [1.807, 2.05) is 35.9 Å². The van der Waals surface area contributed by atoms with Crippen LogP contribution in [0.4, 0.5) is 4.79 Å². The number of Topliss-reactive ketones (excluding diaryl/α,β-unsaturated/α-hetero) is 1. The lowest BCUT2D eigenvalue weighted by Crippen LogP contribution is -2.37. The van der Waals surface area contributed by atoms with Gasteiger partial charge >= 0.3 is 17.8 Å². The number of hydrogen-bond acceptors (Lipinski definition) is 5. The first-order valence-electron chi connectivity index (χ1n) is 8.74. The van der Waals surface area contributed by atoms with E-state index in [1.165, 1.54) is 4.88 Å². The molecule has 8 heteroatoms. The molecule has 0 atom stereocenters. The summed E-state index contributed by atoms with van der Waals surface area (Å²) in [5.74, 6) is -2.15. The largest absolute Gasteiger partial charge is 0.343 e. The quantitative estimate of drug-likeness (QED) is 0.416. The average molecular weight is 387 g/mol. The Hall–Kier alpha value is -2.74. The van der Waals surface area contributed by atoms with Crippen molar-refractivity contribution in [2.45, 2.75) is 33.7 Å². The van der Waals surface area contributed by atoms with Gasteiger partial charge in [-0.2, -0.15) is 0 Å². The van der Waals surface area contributed by atoms with Crippen molar-refractivity contribution in [1.29, 1.82) is 0 Å². The maximum atomic E-state index is 12.8. The second kappa shape index (κ2) is 7.48. The van der Waals surface area contributed by atoms with E-state index < -0.39 is 24.4 Å². The normalized spacial score (nSPS) is 14.6. The summed E-state index contributed by atoms with van der Waals surface area (Å²) in [4.78, 5) is 51.9. The van der Waals surface area contributed by atoms with E-state index in [2.05, 4.69) is 0 Å². The molecule has 0 aromatic carbocycles. The number of ketones is 1. The maximum absolute atomic E-state index is 12.8. The minimum absolute atomic E-state index is 0.170. The third kappa shape index (κ3) is 3.44. The van der Waals surface area contributed by atoms with E-state index in [0.29, 0.717) is 18.5 Å². The Bertz CT molecular complexity index is 914. The lowest BCUT2D eigenvalue weighted by Gasteiger charge is -2.14. The SMILES string of the molecule is CCCN1C(=O)C(=O)N(CC(=O)c2cc(C)n(Cc3cccs3)c2C)C1=O. The van der Waals surface area contributed by atoms with Gasteiger partial charge in [-0.3, -0.25) is 19.3 Å². The molecule has 0 aliphatic carbocycles. The first kappa shape index (κ1) is 19.0. The number of aromatic nitrogens is 1. The number of amides is 4. The summed E-state index contributed by atoms with van der Waals surface area (Å²) >= 11 is 1.64. The minimum atomic E-state index is -0.936. The van der Waals surface area contributed by atoms with Gasteiger partial charge < -0.3 is 4.57 Å².